The molecule has 1 aliphatic carbocycles. The van der Waals surface area contributed by atoms with Crippen molar-refractivity contribution in [1.29, 1.82) is 0 Å². The molecule has 2 fully saturated rings. The molecule has 1 aliphatic heterocycles. The second-order valence-corrected chi connectivity index (χ2v) is 8.87. The predicted octanol–water partition coefficient (Wildman–Crippen LogP) is 3.80. The highest BCUT2D eigenvalue weighted by molar-refractivity contribution is 5.85. The number of benzene rings is 2. The molecule has 0 bridgehead atoms. The number of hydrogen-bond acceptors (Lipinski definition) is 6. The van der Waals surface area contributed by atoms with E-state index in [0.717, 1.165) is 49.4 Å². The number of ether oxygens (including phenoxy) is 1. The van der Waals surface area contributed by atoms with E-state index < -0.39 is 0 Å². The van der Waals surface area contributed by atoms with E-state index in [1.54, 1.807) is 7.11 Å². The topological polar surface area (TPSA) is 59.3 Å². The van der Waals surface area contributed by atoms with Gasteiger partial charge >= 0.3 is 0 Å². The Balaban J connectivity index is 0.00000259. The molecule has 1 atom stereocenters. The van der Waals surface area contributed by atoms with Crippen LogP contribution in [0.5, 0.6) is 5.75 Å². The number of nitrogens with zero attached hydrogens (tertiary/aromatic N) is 6. The third kappa shape index (κ3) is 5.37. The second-order valence-electron chi connectivity index (χ2n) is 8.87. The normalized spacial score (nSPS) is 18.7. The third-order valence-electron chi connectivity index (χ3n) is 6.97. The van der Waals surface area contributed by atoms with Gasteiger partial charge in [0.2, 0.25) is 0 Å². The lowest BCUT2D eigenvalue weighted by Gasteiger charge is -2.41. The first-order valence-corrected chi connectivity index (χ1v) is 11.7. The number of halogens is 1. The zero-order valence-corrected chi connectivity index (χ0v) is 20.0. The van der Waals surface area contributed by atoms with Gasteiger partial charge in [-0.05, 0) is 46.5 Å². The molecule has 2 aromatic carbocycles. The smallest absolute Gasteiger partial charge is 0.173 e. The summed E-state index contributed by atoms with van der Waals surface area (Å²) in [6, 6.07) is 19.6. The predicted molar refractivity (Wildman–Crippen MR) is 131 cm³/mol. The molecule has 33 heavy (non-hydrogen) atoms. The molecule has 0 radical (unpaired) electrons. The van der Waals surface area contributed by atoms with Crippen LogP contribution in [-0.2, 0) is 6.54 Å². The summed E-state index contributed by atoms with van der Waals surface area (Å²) < 4.78 is 7.24. The van der Waals surface area contributed by atoms with Crippen molar-refractivity contribution in [3.63, 3.8) is 0 Å². The van der Waals surface area contributed by atoms with Crippen LogP contribution in [0.25, 0.3) is 0 Å². The SMILES string of the molecule is COc1ccc(Cn2nnnc2C(c2ccccc2)N2CCN(C3CCCC3)CC2)cc1.Cl. The van der Waals surface area contributed by atoms with E-state index in [2.05, 4.69) is 67.8 Å². The molecular formula is C25H33ClN6O. The highest BCUT2D eigenvalue weighted by Crippen LogP contribution is 2.30. The lowest BCUT2D eigenvalue weighted by molar-refractivity contribution is 0.0771. The van der Waals surface area contributed by atoms with Crippen LogP contribution >= 0.6 is 12.4 Å². The van der Waals surface area contributed by atoms with Gasteiger partial charge in [-0.3, -0.25) is 9.80 Å². The van der Waals surface area contributed by atoms with Crippen LogP contribution in [0.2, 0.25) is 0 Å². The average Bonchev–Trinajstić information content (AvgIpc) is 3.54. The fourth-order valence-corrected chi connectivity index (χ4v) is 5.21. The summed E-state index contributed by atoms with van der Waals surface area (Å²) in [4.78, 5) is 5.25. The molecule has 1 saturated heterocycles. The number of methoxy groups -OCH3 is 1. The Morgan fingerprint density at radius 3 is 2.30 bits per heavy atom. The highest BCUT2D eigenvalue weighted by atomic mass is 35.5. The first-order valence-electron chi connectivity index (χ1n) is 11.7. The monoisotopic (exact) mass is 468 g/mol. The van der Waals surface area contributed by atoms with Crippen LogP contribution in [0.15, 0.2) is 54.6 Å². The molecular weight excluding hydrogens is 436 g/mol. The van der Waals surface area contributed by atoms with Crippen LogP contribution < -0.4 is 4.74 Å². The molecule has 2 heterocycles. The Morgan fingerprint density at radius 1 is 0.939 bits per heavy atom. The molecule has 0 N–H and O–H groups in total. The van der Waals surface area contributed by atoms with Crippen molar-refractivity contribution in [2.75, 3.05) is 33.3 Å². The van der Waals surface area contributed by atoms with Crippen LogP contribution in [0.1, 0.15) is 48.7 Å². The van der Waals surface area contributed by atoms with Crippen molar-refractivity contribution < 1.29 is 4.74 Å². The van der Waals surface area contributed by atoms with Crippen molar-refractivity contribution in [1.82, 2.24) is 30.0 Å². The molecule has 2 aliphatic rings. The first-order chi connectivity index (χ1) is 15.8. The molecule has 5 rings (SSSR count). The average molecular weight is 469 g/mol. The molecule has 7 nitrogen and oxygen atoms in total. The maximum atomic E-state index is 5.29. The summed E-state index contributed by atoms with van der Waals surface area (Å²) in [5.41, 5.74) is 2.39. The summed E-state index contributed by atoms with van der Waals surface area (Å²) in [5.74, 6) is 1.76. The van der Waals surface area contributed by atoms with Crippen LogP contribution in [0, 0.1) is 0 Å². The Labute approximate surface area is 202 Å². The van der Waals surface area contributed by atoms with Gasteiger partial charge in [-0.2, -0.15) is 0 Å². The summed E-state index contributed by atoms with van der Waals surface area (Å²) in [6.45, 7) is 4.94. The van der Waals surface area contributed by atoms with Crippen LogP contribution in [0.3, 0.4) is 0 Å². The fraction of sp³-hybridized carbons (Fsp3) is 0.480. The van der Waals surface area contributed by atoms with Crippen LogP contribution in [0.4, 0.5) is 0 Å². The number of tetrazole rings is 1. The summed E-state index contributed by atoms with van der Waals surface area (Å²) in [5, 5.41) is 12.9. The summed E-state index contributed by atoms with van der Waals surface area (Å²) >= 11 is 0. The Kier molecular flexibility index (Phi) is 7.96. The quantitative estimate of drug-likeness (QED) is 0.525. The van der Waals surface area contributed by atoms with Crippen LogP contribution in [-0.4, -0.2) is 69.3 Å². The van der Waals surface area contributed by atoms with E-state index in [9.17, 15) is 0 Å². The Morgan fingerprint density at radius 2 is 1.64 bits per heavy atom. The Hall–Kier alpha value is -2.48. The zero-order chi connectivity index (χ0) is 21.8. The third-order valence-corrected chi connectivity index (χ3v) is 6.97. The molecule has 3 aromatic rings. The lowest BCUT2D eigenvalue weighted by Crippen LogP contribution is -2.51. The molecule has 176 valence electrons. The summed E-state index contributed by atoms with van der Waals surface area (Å²) in [7, 11) is 1.69. The molecule has 0 spiro atoms. The number of rotatable bonds is 7. The van der Waals surface area contributed by atoms with Gasteiger partial charge in [0, 0.05) is 32.2 Å². The van der Waals surface area contributed by atoms with E-state index in [1.807, 2.05) is 16.8 Å². The van der Waals surface area contributed by atoms with Gasteiger partial charge in [-0.15, -0.1) is 17.5 Å². The summed E-state index contributed by atoms with van der Waals surface area (Å²) in [6.07, 6.45) is 5.50. The van der Waals surface area contributed by atoms with Crippen molar-refractivity contribution in [3.05, 3.63) is 71.5 Å². The van der Waals surface area contributed by atoms with E-state index in [0.29, 0.717) is 6.54 Å². The van der Waals surface area contributed by atoms with Gasteiger partial charge in [-0.1, -0.05) is 55.3 Å². The highest BCUT2D eigenvalue weighted by Gasteiger charge is 2.33. The largest absolute Gasteiger partial charge is 0.497 e. The van der Waals surface area contributed by atoms with E-state index in [1.165, 1.54) is 31.2 Å². The van der Waals surface area contributed by atoms with Crippen molar-refractivity contribution >= 4 is 12.4 Å². The zero-order valence-electron chi connectivity index (χ0n) is 19.2. The first kappa shape index (κ1) is 23.7. The number of piperazine rings is 1. The van der Waals surface area contributed by atoms with Crippen molar-refractivity contribution in [2.45, 2.75) is 44.3 Å². The van der Waals surface area contributed by atoms with Gasteiger partial charge < -0.3 is 4.74 Å². The maximum Gasteiger partial charge on any atom is 0.173 e. The minimum Gasteiger partial charge on any atom is -0.497 e. The number of aromatic nitrogens is 4. The van der Waals surface area contributed by atoms with Crippen molar-refractivity contribution in [2.24, 2.45) is 0 Å². The minimum atomic E-state index is 0. The van der Waals surface area contributed by atoms with E-state index in [-0.39, 0.29) is 18.4 Å². The fourth-order valence-electron chi connectivity index (χ4n) is 5.21. The van der Waals surface area contributed by atoms with Gasteiger partial charge in [0.25, 0.3) is 0 Å². The van der Waals surface area contributed by atoms with Gasteiger partial charge in [-0.25, -0.2) is 4.68 Å². The minimum absolute atomic E-state index is 0. The molecule has 8 heteroatoms. The Bertz CT molecular complexity index is 982. The molecule has 1 aromatic heterocycles. The van der Waals surface area contributed by atoms with Gasteiger partial charge in [0.15, 0.2) is 5.82 Å². The standard InChI is InChI=1S/C25H32N6O.ClH/c1-32-23-13-11-20(12-14-23)19-31-25(26-27-28-31)24(21-7-3-2-4-8-21)30-17-15-29(16-18-30)22-9-5-6-10-22;/h2-4,7-8,11-14,22,24H,5-6,9-10,15-19H2,1H3;1H. The molecule has 1 unspecified atom stereocenters. The van der Waals surface area contributed by atoms with Crippen molar-refractivity contribution in [3.8, 4) is 5.75 Å². The second kappa shape index (κ2) is 11.1. The van der Waals surface area contributed by atoms with Gasteiger partial charge in [0.1, 0.15) is 5.75 Å². The van der Waals surface area contributed by atoms with Gasteiger partial charge in [0.05, 0.1) is 19.7 Å². The van der Waals surface area contributed by atoms with E-state index in [4.69, 9.17) is 4.74 Å². The number of hydrogen-bond donors (Lipinski definition) is 0. The maximum absolute atomic E-state index is 5.29. The molecule has 1 saturated carbocycles. The lowest BCUT2D eigenvalue weighted by atomic mass is 10.0. The molecule has 0 amide bonds. The van der Waals surface area contributed by atoms with E-state index >= 15 is 0 Å².